The summed E-state index contributed by atoms with van der Waals surface area (Å²) in [5.74, 6) is 0.0757. The van der Waals surface area contributed by atoms with Gasteiger partial charge in [0.05, 0.1) is 4.90 Å². The molecule has 28 heavy (non-hydrogen) atoms. The Morgan fingerprint density at radius 2 is 1.79 bits per heavy atom. The number of fused-ring (bicyclic) bond motifs is 1. The molecule has 0 saturated heterocycles. The lowest BCUT2D eigenvalue weighted by Crippen LogP contribution is -2.38. The largest absolute Gasteiger partial charge is 0.311 e. The summed E-state index contributed by atoms with van der Waals surface area (Å²) in [5.41, 5.74) is 3.04. The van der Waals surface area contributed by atoms with Gasteiger partial charge >= 0.3 is 0 Å². The molecule has 1 aliphatic heterocycles. The molecule has 0 aliphatic carbocycles. The van der Waals surface area contributed by atoms with Crippen LogP contribution in [0.5, 0.6) is 0 Å². The van der Waals surface area contributed by atoms with Crippen molar-refractivity contribution in [1.82, 2.24) is 0 Å². The zero-order valence-corrected chi connectivity index (χ0v) is 17.8. The Hall–Kier alpha value is -2.34. The highest BCUT2D eigenvalue weighted by molar-refractivity contribution is 7.92. The minimum atomic E-state index is -3.65. The van der Waals surface area contributed by atoms with E-state index in [0.29, 0.717) is 12.2 Å². The number of nitrogens with one attached hydrogen (secondary N) is 1. The summed E-state index contributed by atoms with van der Waals surface area (Å²) in [4.78, 5) is 14.7. The summed E-state index contributed by atoms with van der Waals surface area (Å²) in [5, 5.41) is 0. The lowest BCUT2D eigenvalue weighted by molar-refractivity contribution is -0.125. The van der Waals surface area contributed by atoms with Crippen molar-refractivity contribution in [3.63, 3.8) is 0 Å². The van der Waals surface area contributed by atoms with Gasteiger partial charge in [-0.1, -0.05) is 46.2 Å². The molecule has 0 atom stereocenters. The average Bonchev–Trinajstić information content (AvgIpc) is 3.03. The van der Waals surface area contributed by atoms with E-state index in [-0.39, 0.29) is 10.8 Å². The molecular formula is C22H28N2O3S. The first-order chi connectivity index (χ1) is 13.1. The first-order valence-corrected chi connectivity index (χ1v) is 11.2. The van der Waals surface area contributed by atoms with Crippen molar-refractivity contribution in [3.05, 3.63) is 53.6 Å². The van der Waals surface area contributed by atoms with Crippen LogP contribution in [0.25, 0.3) is 0 Å². The van der Waals surface area contributed by atoms with Gasteiger partial charge in [0.15, 0.2) is 0 Å². The summed E-state index contributed by atoms with van der Waals surface area (Å²) in [6.45, 7) is 8.43. The zero-order valence-electron chi connectivity index (χ0n) is 17.0. The summed E-state index contributed by atoms with van der Waals surface area (Å²) < 4.78 is 28.1. The minimum absolute atomic E-state index is 0.0757. The van der Waals surface area contributed by atoms with E-state index in [9.17, 15) is 13.2 Å². The average molecular weight is 401 g/mol. The van der Waals surface area contributed by atoms with Gasteiger partial charge in [0.1, 0.15) is 0 Å². The Bertz CT molecular complexity index is 974. The first-order valence-electron chi connectivity index (χ1n) is 9.68. The molecule has 2 aromatic rings. The Morgan fingerprint density at radius 3 is 2.39 bits per heavy atom. The number of hydrogen-bond acceptors (Lipinski definition) is 3. The zero-order chi connectivity index (χ0) is 20.5. The number of sulfonamides is 1. The molecule has 2 aromatic carbocycles. The number of nitrogens with zero attached hydrogens (tertiary/aromatic N) is 1. The van der Waals surface area contributed by atoms with Gasteiger partial charge < -0.3 is 4.90 Å². The van der Waals surface area contributed by atoms with Crippen LogP contribution >= 0.6 is 0 Å². The summed E-state index contributed by atoms with van der Waals surface area (Å²) >= 11 is 0. The molecule has 0 saturated carbocycles. The Kier molecular flexibility index (Phi) is 5.53. The topological polar surface area (TPSA) is 66.5 Å². The van der Waals surface area contributed by atoms with E-state index < -0.39 is 15.4 Å². The molecule has 0 spiro atoms. The van der Waals surface area contributed by atoms with Crippen LogP contribution in [-0.2, 0) is 27.7 Å². The molecule has 3 rings (SSSR count). The van der Waals surface area contributed by atoms with E-state index in [1.807, 2.05) is 45.0 Å². The third-order valence-corrected chi connectivity index (χ3v) is 6.28. The molecule has 1 N–H and O–H groups in total. The monoisotopic (exact) mass is 400 g/mol. The fourth-order valence-corrected chi connectivity index (χ4v) is 4.47. The number of rotatable bonds is 5. The van der Waals surface area contributed by atoms with Gasteiger partial charge in [-0.15, -0.1) is 0 Å². The van der Waals surface area contributed by atoms with Crippen molar-refractivity contribution in [2.75, 3.05) is 16.2 Å². The van der Waals surface area contributed by atoms with Gasteiger partial charge in [0.2, 0.25) is 5.91 Å². The standard InChI is InChI=1S/C22H28N2O3S/c1-5-6-16-7-10-19(11-8-16)28(26,27)23-18-9-12-20-17(15-18)13-14-24(20)21(25)22(2,3)4/h7-12,15,23H,5-6,13-14H2,1-4H3. The molecule has 0 radical (unpaired) electrons. The second kappa shape index (κ2) is 7.59. The van der Waals surface area contributed by atoms with Crippen LogP contribution in [0, 0.1) is 5.41 Å². The Balaban J connectivity index is 1.80. The highest BCUT2D eigenvalue weighted by atomic mass is 32.2. The number of aryl methyl sites for hydroxylation is 1. The van der Waals surface area contributed by atoms with Crippen LogP contribution in [-0.4, -0.2) is 20.9 Å². The molecule has 0 aromatic heterocycles. The van der Waals surface area contributed by atoms with E-state index in [4.69, 9.17) is 0 Å². The predicted molar refractivity (Wildman–Crippen MR) is 113 cm³/mol. The van der Waals surface area contributed by atoms with Crippen LogP contribution in [0.3, 0.4) is 0 Å². The normalized spacial score (nSPS) is 14.1. The summed E-state index contributed by atoms with van der Waals surface area (Å²) in [6.07, 6.45) is 2.68. The minimum Gasteiger partial charge on any atom is -0.311 e. The molecule has 0 unspecified atom stereocenters. The molecule has 1 amide bonds. The molecule has 0 bridgehead atoms. The Morgan fingerprint density at radius 1 is 1.11 bits per heavy atom. The van der Waals surface area contributed by atoms with Gasteiger partial charge in [-0.2, -0.15) is 0 Å². The molecule has 6 heteroatoms. The van der Waals surface area contributed by atoms with Crippen molar-refractivity contribution in [2.45, 2.75) is 51.9 Å². The smallest absolute Gasteiger partial charge is 0.261 e. The van der Waals surface area contributed by atoms with Crippen molar-refractivity contribution < 1.29 is 13.2 Å². The van der Waals surface area contributed by atoms with E-state index in [2.05, 4.69) is 11.6 Å². The number of carbonyl (C=O) groups is 1. The van der Waals surface area contributed by atoms with E-state index >= 15 is 0 Å². The van der Waals surface area contributed by atoms with E-state index in [1.54, 1.807) is 23.1 Å². The van der Waals surface area contributed by atoms with E-state index in [0.717, 1.165) is 36.1 Å². The third kappa shape index (κ3) is 4.22. The van der Waals surface area contributed by atoms with Crippen molar-refractivity contribution >= 4 is 27.3 Å². The van der Waals surface area contributed by atoms with Gasteiger partial charge in [0, 0.05) is 23.3 Å². The van der Waals surface area contributed by atoms with Crippen LogP contribution < -0.4 is 9.62 Å². The summed E-state index contributed by atoms with van der Waals surface area (Å²) in [6, 6.07) is 12.4. The Labute approximate surface area is 167 Å². The van der Waals surface area contributed by atoms with Gasteiger partial charge in [-0.3, -0.25) is 9.52 Å². The number of carbonyl (C=O) groups excluding carboxylic acids is 1. The second-order valence-electron chi connectivity index (χ2n) is 8.30. The van der Waals surface area contributed by atoms with Crippen LogP contribution in [0.1, 0.15) is 45.2 Å². The predicted octanol–water partition coefficient (Wildman–Crippen LogP) is 4.38. The van der Waals surface area contributed by atoms with Crippen LogP contribution in [0.15, 0.2) is 47.4 Å². The maximum absolute atomic E-state index is 12.7. The maximum Gasteiger partial charge on any atom is 0.261 e. The van der Waals surface area contributed by atoms with Gasteiger partial charge in [0.25, 0.3) is 10.0 Å². The number of hydrogen-bond donors (Lipinski definition) is 1. The fourth-order valence-electron chi connectivity index (χ4n) is 3.42. The fraction of sp³-hybridized carbons (Fsp3) is 0.409. The summed E-state index contributed by atoms with van der Waals surface area (Å²) in [7, 11) is -3.65. The maximum atomic E-state index is 12.7. The lowest BCUT2D eigenvalue weighted by atomic mass is 9.94. The van der Waals surface area contributed by atoms with Gasteiger partial charge in [-0.25, -0.2) is 8.42 Å². The third-order valence-electron chi connectivity index (χ3n) is 4.89. The molecular weight excluding hydrogens is 372 g/mol. The molecule has 150 valence electrons. The van der Waals surface area contributed by atoms with Crippen molar-refractivity contribution in [1.29, 1.82) is 0 Å². The van der Waals surface area contributed by atoms with Gasteiger partial charge in [-0.05, 0) is 54.3 Å². The van der Waals surface area contributed by atoms with Crippen LogP contribution in [0.2, 0.25) is 0 Å². The van der Waals surface area contributed by atoms with Crippen LogP contribution in [0.4, 0.5) is 11.4 Å². The molecule has 0 fully saturated rings. The highest BCUT2D eigenvalue weighted by Crippen LogP contribution is 2.34. The SMILES string of the molecule is CCCc1ccc(S(=O)(=O)Nc2ccc3c(c2)CCN3C(=O)C(C)(C)C)cc1. The quantitative estimate of drug-likeness (QED) is 0.810. The number of benzene rings is 2. The van der Waals surface area contributed by atoms with E-state index in [1.165, 1.54) is 0 Å². The first kappa shape index (κ1) is 20.4. The molecule has 1 aliphatic rings. The van der Waals surface area contributed by atoms with Crippen molar-refractivity contribution in [2.24, 2.45) is 5.41 Å². The molecule has 1 heterocycles. The van der Waals surface area contributed by atoms with Crippen molar-refractivity contribution in [3.8, 4) is 0 Å². The highest BCUT2D eigenvalue weighted by Gasteiger charge is 2.32. The number of amides is 1. The molecule has 5 nitrogen and oxygen atoms in total. The number of anilines is 2. The second-order valence-corrected chi connectivity index (χ2v) is 9.98. The lowest BCUT2D eigenvalue weighted by Gasteiger charge is -2.26.